The van der Waals surface area contributed by atoms with Crippen LogP contribution in [0.25, 0.3) is 22.5 Å². The molecule has 0 radical (unpaired) electrons. The molecule has 4 aromatic rings. The van der Waals surface area contributed by atoms with Crippen LogP contribution in [0, 0.1) is 11.3 Å². The summed E-state index contributed by atoms with van der Waals surface area (Å²) >= 11 is 0. The molecule has 0 saturated heterocycles. The minimum atomic E-state index is -4.58. The summed E-state index contributed by atoms with van der Waals surface area (Å²) in [5.74, 6) is -0.522. The molecule has 0 spiro atoms. The van der Waals surface area contributed by atoms with Crippen LogP contribution in [0.5, 0.6) is 0 Å². The van der Waals surface area contributed by atoms with Crippen molar-refractivity contribution in [3.8, 4) is 28.6 Å². The molecule has 7 nitrogen and oxygen atoms in total. The first kappa shape index (κ1) is 25.4. The van der Waals surface area contributed by atoms with Crippen molar-refractivity contribution in [2.24, 2.45) is 7.05 Å². The Morgan fingerprint density at radius 3 is 2.51 bits per heavy atom. The van der Waals surface area contributed by atoms with Gasteiger partial charge in [-0.05, 0) is 37.3 Å². The maximum Gasteiger partial charge on any atom is 0.417 e. The van der Waals surface area contributed by atoms with E-state index in [1.807, 2.05) is 12.1 Å². The Hall–Kier alpha value is -4.65. The second kappa shape index (κ2) is 10.5. The fourth-order valence-electron chi connectivity index (χ4n) is 3.86. The minimum Gasteiger partial charge on any atom is -0.466 e. The fraction of sp³-hybridized carbons (Fsp3) is 0.185. The molecule has 0 fully saturated rings. The molecule has 4 rings (SSSR count). The van der Waals surface area contributed by atoms with Crippen LogP contribution in [0.3, 0.4) is 0 Å². The number of halogens is 3. The average molecular weight is 506 g/mol. The quantitative estimate of drug-likeness (QED) is 0.315. The molecular formula is C27H22F3N5O2. The number of rotatable bonds is 7. The molecule has 0 atom stereocenters. The first-order valence-electron chi connectivity index (χ1n) is 11.3. The lowest BCUT2D eigenvalue weighted by molar-refractivity contribution is -0.142. The standard InChI is InChI=1S/C27H22F3N5O2/c1-3-37-25(36)14-18-13-23(26(33-24(18)16-31)17-7-5-4-6-8-17)32-19-9-10-21(27(28,29)30)20(15-19)22-11-12-35(2)34-22/h4-13,15,32H,3,14H2,1-2H3. The van der Waals surface area contributed by atoms with Crippen molar-refractivity contribution >= 4 is 17.3 Å². The van der Waals surface area contributed by atoms with Gasteiger partial charge in [-0.15, -0.1) is 0 Å². The highest BCUT2D eigenvalue weighted by Crippen LogP contribution is 2.39. The second-order valence-electron chi connectivity index (χ2n) is 8.11. The zero-order valence-corrected chi connectivity index (χ0v) is 20.0. The second-order valence-corrected chi connectivity index (χ2v) is 8.11. The summed E-state index contributed by atoms with van der Waals surface area (Å²) in [5.41, 5.74) is 1.50. The third-order valence-corrected chi connectivity index (χ3v) is 5.49. The van der Waals surface area contributed by atoms with Crippen LogP contribution in [0.15, 0.2) is 66.9 Å². The average Bonchev–Trinajstić information content (AvgIpc) is 3.30. The van der Waals surface area contributed by atoms with Crippen molar-refractivity contribution in [1.82, 2.24) is 14.8 Å². The van der Waals surface area contributed by atoms with E-state index in [0.29, 0.717) is 28.2 Å². The largest absolute Gasteiger partial charge is 0.466 e. The number of hydrogen-bond donors (Lipinski definition) is 1. The Labute approximate surface area is 211 Å². The Bertz CT molecular complexity index is 1470. The van der Waals surface area contributed by atoms with Gasteiger partial charge in [0.25, 0.3) is 0 Å². The first-order valence-corrected chi connectivity index (χ1v) is 11.3. The topological polar surface area (TPSA) is 92.8 Å². The van der Waals surface area contributed by atoms with Crippen LogP contribution in [0.2, 0.25) is 0 Å². The van der Waals surface area contributed by atoms with Gasteiger partial charge in [-0.3, -0.25) is 9.48 Å². The summed E-state index contributed by atoms with van der Waals surface area (Å²) in [5, 5.41) is 17.0. The number of aromatic nitrogens is 3. The molecule has 0 amide bonds. The van der Waals surface area contributed by atoms with E-state index < -0.39 is 17.7 Å². The molecule has 2 aromatic carbocycles. The molecule has 37 heavy (non-hydrogen) atoms. The number of pyridine rings is 1. The first-order chi connectivity index (χ1) is 17.7. The predicted molar refractivity (Wildman–Crippen MR) is 132 cm³/mol. The summed E-state index contributed by atoms with van der Waals surface area (Å²) < 4.78 is 47.7. The van der Waals surface area contributed by atoms with Crippen LogP contribution in [-0.4, -0.2) is 27.3 Å². The third-order valence-electron chi connectivity index (χ3n) is 5.49. The Morgan fingerprint density at radius 1 is 1.14 bits per heavy atom. The Kier molecular flexibility index (Phi) is 7.25. The Balaban J connectivity index is 1.84. The van der Waals surface area contributed by atoms with Crippen molar-refractivity contribution in [1.29, 1.82) is 5.26 Å². The number of nitrogens with zero attached hydrogens (tertiary/aromatic N) is 4. The number of alkyl halides is 3. The maximum atomic E-state index is 13.8. The van der Waals surface area contributed by atoms with E-state index in [0.717, 1.165) is 6.07 Å². The van der Waals surface area contributed by atoms with Gasteiger partial charge in [0, 0.05) is 35.6 Å². The van der Waals surface area contributed by atoms with Crippen LogP contribution < -0.4 is 5.32 Å². The summed E-state index contributed by atoms with van der Waals surface area (Å²) in [4.78, 5) is 16.6. The van der Waals surface area contributed by atoms with Crippen molar-refractivity contribution in [2.75, 3.05) is 11.9 Å². The number of aryl methyl sites for hydroxylation is 1. The van der Waals surface area contributed by atoms with Crippen LogP contribution in [0.1, 0.15) is 23.7 Å². The SMILES string of the molecule is CCOC(=O)Cc1cc(Nc2ccc(C(F)(F)F)c(-c3ccn(C)n3)c2)c(-c2ccccc2)nc1C#N. The van der Waals surface area contributed by atoms with Gasteiger partial charge in [0.15, 0.2) is 0 Å². The molecular weight excluding hydrogens is 483 g/mol. The summed E-state index contributed by atoms with van der Waals surface area (Å²) in [6, 6.07) is 17.8. The zero-order valence-electron chi connectivity index (χ0n) is 20.0. The van der Waals surface area contributed by atoms with Gasteiger partial charge >= 0.3 is 12.1 Å². The van der Waals surface area contributed by atoms with E-state index in [2.05, 4.69) is 15.4 Å². The van der Waals surface area contributed by atoms with Gasteiger partial charge in [-0.2, -0.15) is 23.5 Å². The Morgan fingerprint density at radius 2 is 1.89 bits per heavy atom. The molecule has 0 unspecified atom stereocenters. The lowest BCUT2D eigenvalue weighted by Gasteiger charge is -2.17. The van der Waals surface area contributed by atoms with Crippen molar-refractivity contribution in [3.05, 3.63) is 83.7 Å². The van der Waals surface area contributed by atoms with E-state index in [4.69, 9.17) is 4.74 Å². The number of anilines is 2. The van der Waals surface area contributed by atoms with Crippen LogP contribution in [-0.2, 0) is 29.2 Å². The number of nitrogens with one attached hydrogen (secondary N) is 1. The predicted octanol–water partition coefficient (Wildman–Crippen LogP) is 5.89. The lowest BCUT2D eigenvalue weighted by atomic mass is 10.0. The molecule has 1 N–H and O–H groups in total. The van der Waals surface area contributed by atoms with Crippen LogP contribution in [0.4, 0.5) is 24.5 Å². The number of benzene rings is 2. The van der Waals surface area contributed by atoms with E-state index in [1.54, 1.807) is 50.5 Å². The monoisotopic (exact) mass is 505 g/mol. The number of carbonyl (C=O) groups excluding carboxylic acids is 1. The highest BCUT2D eigenvalue weighted by atomic mass is 19.4. The van der Waals surface area contributed by atoms with E-state index in [9.17, 15) is 23.2 Å². The van der Waals surface area contributed by atoms with Gasteiger partial charge < -0.3 is 10.1 Å². The normalized spacial score (nSPS) is 11.1. The molecule has 0 saturated carbocycles. The number of nitriles is 1. The number of carbonyl (C=O) groups is 1. The number of esters is 1. The maximum absolute atomic E-state index is 13.8. The third kappa shape index (κ3) is 5.78. The van der Waals surface area contributed by atoms with Crippen LogP contribution >= 0.6 is 0 Å². The van der Waals surface area contributed by atoms with Crippen molar-refractivity contribution in [2.45, 2.75) is 19.5 Å². The molecule has 2 heterocycles. The van der Waals surface area contributed by atoms with Crippen molar-refractivity contribution in [3.63, 3.8) is 0 Å². The minimum absolute atomic E-state index is 0.0547. The smallest absolute Gasteiger partial charge is 0.417 e. The van der Waals surface area contributed by atoms with E-state index >= 15 is 0 Å². The van der Waals surface area contributed by atoms with Gasteiger partial charge in [0.05, 0.1) is 35.7 Å². The summed E-state index contributed by atoms with van der Waals surface area (Å²) in [7, 11) is 1.62. The molecule has 0 bridgehead atoms. The van der Waals surface area contributed by atoms with E-state index in [-0.39, 0.29) is 30.0 Å². The lowest BCUT2D eigenvalue weighted by Crippen LogP contribution is -2.11. The molecule has 0 aliphatic carbocycles. The molecule has 10 heteroatoms. The van der Waals surface area contributed by atoms with Gasteiger partial charge in [-0.1, -0.05) is 30.3 Å². The molecule has 2 aromatic heterocycles. The zero-order chi connectivity index (χ0) is 26.6. The van der Waals surface area contributed by atoms with Gasteiger partial charge in [0.1, 0.15) is 11.8 Å². The summed E-state index contributed by atoms with van der Waals surface area (Å²) in [6.45, 7) is 1.86. The van der Waals surface area contributed by atoms with Crippen molar-refractivity contribution < 1.29 is 22.7 Å². The highest BCUT2D eigenvalue weighted by Gasteiger charge is 2.34. The molecule has 0 aliphatic rings. The number of ether oxygens (including phenoxy) is 1. The van der Waals surface area contributed by atoms with Gasteiger partial charge in [0.2, 0.25) is 0 Å². The number of hydrogen-bond acceptors (Lipinski definition) is 6. The highest BCUT2D eigenvalue weighted by molar-refractivity contribution is 5.82. The molecule has 0 aliphatic heterocycles. The summed E-state index contributed by atoms with van der Waals surface area (Å²) in [6.07, 6.45) is -3.20. The van der Waals surface area contributed by atoms with E-state index in [1.165, 1.54) is 22.9 Å². The molecule has 188 valence electrons. The van der Waals surface area contributed by atoms with Gasteiger partial charge in [-0.25, -0.2) is 4.98 Å². The fourth-order valence-corrected chi connectivity index (χ4v) is 3.86.